The summed E-state index contributed by atoms with van der Waals surface area (Å²) in [6.45, 7) is 1.48. The maximum Gasteiger partial charge on any atom is 0.352 e. The first kappa shape index (κ1) is 17.7. The minimum Gasteiger partial charge on any atom is -0.350 e. The SMILES string of the molecule is O=C(Cn1nc2n(c1=O)-c1cc(Cl)ccc1C1=NCCN12)NCc1ccccc1. The monoisotopic (exact) mass is 408 g/mol. The molecule has 3 aromatic rings. The highest BCUT2D eigenvalue weighted by Crippen LogP contribution is 2.31. The van der Waals surface area contributed by atoms with Crippen LogP contribution in [0.1, 0.15) is 11.1 Å². The number of hydrogen-bond acceptors (Lipinski definition) is 5. The molecule has 0 spiro atoms. The van der Waals surface area contributed by atoms with E-state index in [9.17, 15) is 9.59 Å². The van der Waals surface area contributed by atoms with Gasteiger partial charge in [-0.25, -0.2) is 14.0 Å². The number of halogens is 1. The number of hydrogen-bond donors (Lipinski definition) is 1. The molecule has 0 atom stereocenters. The van der Waals surface area contributed by atoms with Crippen LogP contribution in [0.4, 0.5) is 5.95 Å². The van der Waals surface area contributed by atoms with Gasteiger partial charge in [-0.05, 0) is 23.8 Å². The Kier molecular flexibility index (Phi) is 4.21. The molecule has 146 valence electrons. The smallest absolute Gasteiger partial charge is 0.350 e. The van der Waals surface area contributed by atoms with Crippen LogP contribution in [0.2, 0.25) is 5.02 Å². The van der Waals surface area contributed by atoms with E-state index in [1.807, 2.05) is 41.3 Å². The number of rotatable bonds is 4. The van der Waals surface area contributed by atoms with Crippen molar-refractivity contribution in [2.24, 2.45) is 4.99 Å². The van der Waals surface area contributed by atoms with E-state index >= 15 is 0 Å². The summed E-state index contributed by atoms with van der Waals surface area (Å²) in [6.07, 6.45) is 0. The number of carbonyl (C=O) groups excluding carboxylic acids is 1. The van der Waals surface area contributed by atoms with Crippen molar-refractivity contribution in [3.63, 3.8) is 0 Å². The van der Waals surface area contributed by atoms with Gasteiger partial charge in [0.25, 0.3) is 0 Å². The Bertz CT molecular complexity index is 1200. The van der Waals surface area contributed by atoms with Gasteiger partial charge in [0.15, 0.2) is 0 Å². The molecule has 0 saturated carbocycles. The molecule has 1 aromatic heterocycles. The van der Waals surface area contributed by atoms with Crippen LogP contribution in [-0.4, -0.2) is 39.2 Å². The highest BCUT2D eigenvalue weighted by Gasteiger charge is 2.34. The average Bonchev–Trinajstić information content (AvgIpc) is 3.33. The Morgan fingerprint density at radius 1 is 1.17 bits per heavy atom. The first-order valence-corrected chi connectivity index (χ1v) is 9.62. The molecule has 0 saturated heterocycles. The third kappa shape index (κ3) is 3.01. The predicted octanol–water partition coefficient (Wildman–Crippen LogP) is 1.58. The Balaban J connectivity index is 1.46. The lowest BCUT2D eigenvalue weighted by Gasteiger charge is -2.26. The lowest BCUT2D eigenvalue weighted by molar-refractivity contribution is -0.122. The minimum absolute atomic E-state index is 0.165. The number of fused-ring (bicyclic) bond motifs is 6. The highest BCUT2D eigenvalue weighted by molar-refractivity contribution is 6.31. The minimum atomic E-state index is -0.385. The number of aromatic nitrogens is 3. The molecule has 0 aliphatic carbocycles. The molecular formula is C20H17ClN6O2. The average molecular weight is 409 g/mol. The maximum atomic E-state index is 13.1. The van der Waals surface area contributed by atoms with Crippen LogP contribution in [0.25, 0.3) is 5.69 Å². The fourth-order valence-corrected chi connectivity index (χ4v) is 3.79. The normalized spacial score (nSPS) is 14.1. The van der Waals surface area contributed by atoms with Crippen molar-refractivity contribution < 1.29 is 4.79 Å². The van der Waals surface area contributed by atoms with E-state index in [2.05, 4.69) is 15.4 Å². The molecule has 0 bridgehead atoms. The van der Waals surface area contributed by atoms with E-state index in [-0.39, 0.29) is 18.1 Å². The van der Waals surface area contributed by atoms with Gasteiger partial charge >= 0.3 is 5.69 Å². The van der Waals surface area contributed by atoms with Crippen molar-refractivity contribution in [1.29, 1.82) is 0 Å². The molecule has 1 N–H and O–H groups in total. The molecule has 9 heteroatoms. The third-order valence-electron chi connectivity index (χ3n) is 4.97. The Hall–Kier alpha value is -3.39. The molecule has 2 aliphatic heterocycles. The van der Waals surface area contributed by atoms with E-state index in [1.54, 1.807) is 12.1 Å². The molecule has 5 rings (SSSR count). The lowest BCUT2D eigenvalue weighted by atomic mass is 10.1. The van der Waals surface area contributed by atoms with Gasteiger partial charge in [-0.3, -0.25) is 14.7 Å². The molecule has 0 unspecified atom stereocenters. The van der Waals surface area contributed by atoms with Gasteiger partial charge in [-0.1, -0.05) is 41.9 Å². The fourth-order valence-electron chi connectivity index (χ4n) is 3.62. The summed E-state index contributed by atoms with van der Waals surface area (Å²) in [5, 5.41) is 7.76. The van der Waals surface area contributed by atoms with Crippen LogP contribution in [0.15, 0.2) is 58.3 Å². The Morgan fingerprint density at radius 2 is 2.00 bits per heavy atom. The van der Waals surface area contributed by atoms with Crippen LogP contribution >= 0.6 is 11.6 Å². The number of anilines is 1. The zero-order valence-electron chi connectivity index (χ0n) is 15.4. The van der Waals surface area contributed by atoms with Crippen molar-refractivity contribution >= 4 is 29.3 Å². The standard InChI is InChI=1S/C20H17ClN6O2/c21-14-6-7-15-16(10-14)27-19(25-9-8-22-18(15)25)24-26(20(27)29)12-17(28)23-11-13-4-2-1-3-5-13/h1-7,10H,8-9,11-12H2,(H,23,28). The van der Waals surface area contributed by atoms with Crippen molar-refractivity contribution in [3.05, 3.63) is 75.2 Å². The van der Waals surface area contributed by atoms with Crippen LogP contribution < -0.4 is 15.9 Å². The number of carbonyl (C=O) groups is 1. The first-order valence-electron chi connectivity index (χ1n) is 9.24. The van der Waals surface area contributed by atoms with Crippen molar-refractivity contribution in [3.8, 4) is 5.69 Å². The van der Waals surface area contributed by atoms with Gasteiger partial charge in [0, 0.05) is 23.7 Å². The summed E-state index contributed by atoms with van der Waals surface area (Å²) in [5.41, 5.74) is 2.06. The van der Waals surface area contributed by atoms with E-state index in [4.69, 9.17) is 11.6 Å². The highest BCUT2D eigenvalue weighted by atomic mass is 35.5. The van der Waals surface area contributed by atoms with Crippen molar-refractivity contribution in [2.75, 3.05) is 18.0 Å². The predicted molar refractivity (Wildman–Crippen MR) is 110 cm³/mol. The van der Waals surface area contributed by atoms with Crippen LogP contribution in [-0.2, 0) is 17.9 Å². The number of aliphatic imine (C=N–C) groups is 1. The molecule has 3 heterocycles. The fraction of sp³-hybridized carbons (Fsp3) is 0.200. The van der Waals surface area contributed by atoms with Gasteiger partial charge in [0.2, 0.25) is 11.9 Å². The van der Waals surface area contributed by atoms with Gasteiger partial charge in [-0.15, -0.1) is 5.10 Å². The van der Waals surface area contributed by atoms with E-state index < -0.39 is 0 Å². The van der Waals surface area contributed by atoms with Gasteiger partial charge in [-0.2, -0.15) is 0 Å². The van der Waals surface area contributed by atoms with Gasteiger partial charge < -0.3 is 5.32 Å². The van der Waals surface area contributed by atoms with E-state index in [0.717, 1.165) is 17.0 Å². The summed E-state index contributed by atoms with van der Waals surface area (Å²) in [6, 6.07) is 14.9. The number of amides is 1. The summed E-state index contributed by atoms with van der Waals surface area (Å²) in [5.74, 6) is 0.944. The topological polar surface area (TPSA) is 84.5 Å². The van der Waals surface area contributed by atoms with E-state index in [0.29, 0.717) is 36.3 Å². The van der Waals surface area contributed by atoms with Crippen LogP contribution in [0, 0.1) is 0 Å². The molecule has 8 nitrogen and oxygen atoms in total. The van der Waals surface area contributed by atoms with Gasteiger partial charge in [0.05, 0.1) is 12.2 Å². The number of nitrogens with zero attached hydrogens (tertiary/aromatic N) is 5. The number of amidine groups is 1. The molecule has 0 radical (unpaired) electrons. The number of nitrogens with one attached hydrogen (secondary N) is 1. The zero-order valence-corrected chi connectivity index (χ0v) is 16.1. The molecule has 0 fully saturated rings. The van der Waals surface area contributed by atoms with Gasteiger partial charge in [0.1, 0.15) is 12.4 Å². The molecule has 2 aromatic carbocycles. The Morgan fingerprint density at radius 3 is 2.83 bits per heavy atom. The summed E-state index contributed by atoms with van der Waals surface area (Å²) >= 11 is 6.17. The van der Waals surface area contributed by atoms with Crippen LogP contribution in [0.5, 0.6) is 0 Å². The lowest BCUT2D eigenvalue weighted by Crippen LogP contribution is -2.38. The maximum absolute atomic E-state index is 13.1. The van der Waals surface area contributed by atoms with Crippen molar-refractivity contribution in [1.82, 2.24) is 19.7 Å². The molecular weight excluding hydrogens is 392 g/mol. The largest absolute Gasteiger partial charge is 0.352 e. The zero-order chi connectivity index (χ0) is 20.0. The van der Waals surface area contributed by atoms with Crippen LogP contribution in [0.3, 0.4) is 0 Å². The molecule has 2 aliphatic rings. The summed E-state index contributed by atoms with van der Waals surface area (Å²) in [4.78, 5) is 31.9. The van der Waals surface area contributed by atoms with Crippen molar-refractivity contribution in [2.45, 2.75) is 13.1 Å². The molecule has 29 heavy (non-hydrogen) atoms. The first-order chi connectivity index (χ1) is 14.1. The molecule has 1 amide bonds. The third-order valence-corrected chi connectivity index (χ3v) is 5.21. The van der Waals surface area contributed by atoms with E-state index in [1.165, 1.54) is 9.25 Å². The number of benzene rings is 2. The summed E-state index contributed by atoms with van der Waals surface area (Å²) < 4.78 is 2.68. The second kappa shape index (κ2) is 6.89. The summed E-state index contributed by atoms with van der Waals surface area (Å²) in [7, 11) is 0. The Labute approximate surface area is 171 Å². The second-order valence-corrected chi connectivity index (χ2v) is 7.29. The quantitative estimate of drug-likeness (QED) is 0.710. The second-order valence-electron chi connectivity index (χ2n) is 6.86.